The van der Waals surface area contributed by atoms with Crippen LogP contribution in [0.15, 0.2) is 121 Å². The Morgan fingerprint density at radius 1 is 0.211 bits per heavy atom. The van der Waals surface area contributed by atoms with Gasteiger partial charge in [-0.3, -0.25) is 0 Å². The van der Waals surface area contributed by atoms with Gasteiger partial charge < -0.3 is 180 Å². The SMILES string of the molecule is O=C(OC[C@H]1O[C@H](OC(=O)c2cc(O)c(O)c(OC(=O)c3cc(O)c(O)c(O)c3)c2)[C@H](OC(=O)c2cc(O)c(O)c(OC(=O)c3cc(O)c(O)c(O)c3)c2)[C@@H](OC(=O)c2cc(O)c(O)c(OC(=O)c3cc(O)c(O)c(O)c3)c2)[C@@H]1OC(=O)c1cc(O)c(O)c(OC(=O)c2cc(O)c(O)c(O)c2)c1)c1cc(O)c(O)c(OC(=O)c2cc(O)c(O)c(O)c2)c1.[Na]. The van der Waals surface area contributed by atoms with E-state index in [2.05, 4.69) is 0 Å². The minimum absolute atomic E-state index is 0. The Hall–Kier alpha value is -17.1. The van der Waals surface area contributed by atoms with Crippen molar-refractivity contribution in [3.05, 3.63) is 177 Å². The summed E-state index contributed by atoms with van der Waals surface area (Å²) in [4.78, 5) is 142. The van der Waals surface area contributed by atoms with Gasteiger partial charge in [0.2, 0.25) is 41.1 Å². The summed E-state index contributed by atoms with van der Waals surface area (Å²) >= 11 is 0. The van der Waals surface area contributed by atoms with Crippen LogP contribution < -0.4 is 23.7 Å². The zero-order valence-corrected chi connectivity index (χ0v) is 62.9. The van der Waals surface area contributed by atoms with Crippen LogP contribution in [-0.2, 0) is 28.4 Å². The van der Waals surface area contributed by atoms with E-state index in [-0.39, 0.29) is 29.6 Å². The molecular weight excluding hydrogens is 1670 g/mol. The maximum Gasteiger partial charge on any atom is 0.343 e. The zero-order valence-electron chi connectivity index (χ0n) is 60.9. The van der Waals surface area contributed by atoms with Crippen LogP contribution in [0.25, 0.3) is 0 Å². The van der Waals surface area contributed by atoms with Crippen LogP contribution in [0.2, 0.25) is 0 Å². The summed E-state index contributed by atoms with van der Waals surface area (Å²) < 4.78 is 60.4. The number of hydrogen-bond donors (Lipinski definition) is 25. The predicted molar refractivity (Wildman–Crippen MR) is 389 cm³/mol. The number of carbonyl (C=O) groups is 10. The fourth-order valence-corrected chi connectivity index (χ4v) is 10.8. The molecule has 1 aliphatic heterocycles. The molecule has 1 radical (unpaired) electrons. The molecule has 0 aromatic heterocycles. The first kappa shape index (κ1) is 88.2. The Morgan fingerprint density at radius 2 is 0.382 bits per heavy atom. The molecule has 0 aliphatic carbocycles. The molecule has 47 heteroatoms. The maximum atomic E-state index is 15.3. The molecule has 1 saturated heterocycles. The molecule has 0 unspecified atom stereocenters. The third kappa shape index (κ3) is 18.7. The van der Waals surface area contributed by atoms with Crippen molar-refractivity contribution in [2.24, 2.45) is 0 Å². The quantitative estimate of drug-likeness (QED) is 0.0155. The van der Waals surface area contributed by atoms with Gasteiger partial charge in [0.25, 0.3) is 0 Å². The molecular formula is C76H52NaO46. The standard InChI is InChI=1S/C76H52O46.Na/c77-32-1-22(2-33(78)53(32)92)67(103)113-47-16-27(11-42(87)58(47)97)66(102)112-21-52-63(119-72(108)28-12-43(88)59(98)48(17-28)114-68(104)23-3-34(79)54(93)35(80)4-23)64(120-73(109)29-13-44(89)60(99)49(18-29)115-69(105)24-5-36(81)55(94)37(82)6-24)65(121-74(110)30-14-45(90)61(100)50(19-30)116-70(106)25-7-38(83)56(95)39(84)8-25)76(118-52)122-75(111)31-15-46(91)62(101)51(20-31)117-71(107)26-9-40(85)57(96)41(86)10-26;/h1-20,52,63-65,76-101H,21H2;/t52-,63-,64+,65-,76-;/m1./s1. The Kier molecular flexibility index (Phi) is 25.1. The van der Waals surface area contributed by atoms with Gasteiger partial charge in [-0.25, -0.2) is 47.9 Å². The fraction of sp³-hybridized carbons (Fsp3) is 0.0789. The normalized spacial score (nSPS) is 14.5. The molecule has 11 rings (SSSR count). The van der Waals surface area contributed by atoms with Crippen molar-refractivity contribution in [1.29, 1.82) is 0 Å². The second-order valence-electron chi connectivity index (χ2n) is 25.1. The number of esters is 10. The van der Waals surface area contributed by atoms with Gasteiger partial charge in [-0.15, -0.1) is 0 Å². The maximum absolute atomic E-state index is 15.3. The Morgan fingerprint density at radius 3 is 0.602 bits per heavy atom. The van der Waals surface area contributed by atoms with E-state index in [1.807, 2.05) is 0 Å². The second kappa shape index (κ2) is 35.0. The molecule has 5 atom stereocenters. The van der Waals surface area contributed by atoms with Crippen molar-refractivity contribution in [2.75, 3.05) is 6.61 Å². The van der Waals surface area contributed by atoms with Crippen molar-refractivity contribution in [1.82, 2.24) is 0 Å². The van der Waals surface area contributed by atoms with Gasteiger partial charge in [0.1, 0.15) is 12.7 Å². The van der Waals surface area contributed by atoms with Crippen LogP contribution in [0.5, 0.6) is 172 Å². The Bertz CT molecular complexity index is 5980. The molecule has 0 saturated carbocycles. The van der Waals surface area contributed by atoms with E-state index in [1.54, 1.807) is 0 Å². The number of phenols is 25. The zero-order chi connectivity index (χ0) is 89.4. The summed E-state index contributed by atoms with van der Waals surface area (Å²) in [6.07, 6.45) is -15.1. The average molecular weight is 1720 g/mol. The number of carbonyl (C=O) groups excluding carboxylic acids is 10. The van der Waals surface area contributed by atoms with Gasteiger partial charge in [0, 0.05) is 29.6 Å². The Labute approximate surface area is 700 Å². The average Bonchev–Trinajstić information content (AvgIpc) is 0.764. The Balaban J connectivity index is 0.0000158. The first-order valence-corrected chi connectivity index (χ1v) is 33.2. The van der Waals surface area contributed by atoms with E-state index in [1.165, 1.54) is 0 Å². The van der Waals surface area contributed by atoms with E-state index in [9.17, 15) is 161 Å². The molecule has 0 amide bonds. The van der Waals surface area contributed by atoms with Crippen molar-refractivity contribution < 1.29 is 228 Å². The van der Waals surface area contributed by atoms with Crippen LogP contribution in [0.1, 0.15) is 104 Å². The number of phenolic OH excluding ortho intramolecular Hbond substituents is 25. The van der Waals surface area contributed by atoms with Crippen LogP contribution in [0.3, 0.4) is 0 Å². The third-order valence-corrected chi connectivity index (χ3v) is 16.9. The molecule has 1 aliphatic rings. The molecule has 1 heterocycles. The first-order chi connectivity index (χ1) is 57.4. The summed E-state index contributed by atoms with van der Waals surface area (Å²) in [5, 5.41) is 261. The van der Waals surface area contributed by atoms with Crippen molar-refractivity contribution in [3.63, 3.8) is 0 Å². The summed E-state index contributed by atoms with van der Waals surface area (Å²) in [6.45, 7) is -1.71. The second-order valence-corrected chi connectivity index (χ2v) is 25.1. The molecule has 10 aromatic carbocycles. The molecule has 1 fully saturated rings. The largest absolute Gasteiger partial charge is 0.504 e. The summed E-state index contributed by atoms with van der Waals surface area (Å²) in [5.74, 6) is -56.0. The van der Waals surface area contributed by atoms with E-state index >= 15 is 14.4 Å². The molecule has 633 valence electrons. The monoisotopic (exact) mass is 1720 g/mol. The van der Waals surface area contributed by atoms with Gasteiger partial charge in [-0.1, -0.05) is 0 Å². The topological polar surface area (TPSA) is 778 Å². The van der Waals surface area contributed by atoms with E-state index in [0.717, 1.165) is 0 Å². The summed E-state index contributed by atoms with van der Waals surface area (Å²) in [5.41, 5.74) is -9.89. The molecule has 0 bridgehead atoms. The van der Waals surface area contributed by atoms with E-state index in [4.69, 9.17) is 52.1 Å². The van der Waals surface area contributed by atoms with E-state index < -0.39 is 325 Å². The van der Waals surface area contributed by atoms with E-state index in [0.29, 0.717) is 121 Å². The summed E-state index contributed by atoms with van der Waals surface area (Å²) in [7, 11) is 0. The number of ether oxygens (including phenoxy) is 11. The van der Waals surface area contributed by atoms with Gasteiger partial charge in [0.05, 0.1) is 55.6 Å². The van der Waals surface area contributed by atoms with Crippen molar-refractivity contribution in [2.45, 2.75) is 30.7 Å². The van der Waals surface area contributed by atoms with Crippen molar-refractivity contribution >= 4 is 89.3 Å². The van der Waals surface area contributed by atoms with Gasteiger partial charge >= 0.3 is 59.7 Å². The smallest absolute Gasteiger partial charge is 0.343 e. The number of rotatable bonds is 21. The minimum Gasteiger partial charge on any atom is -0.504 e. The van der Waals surface area contributed by atoms with Crippen molar-refractivity contribution in [3.8, 4) is 172 Å². The molecule has 10 aromatic rings. The number of benzene rings is 10. The summed E-state index contributed by atoms with van der Waals surface area (Å²) in [6, 6.07) is 8.56. The van der Waals surface area contributed by atoms with Gasteiger partial charge in [-0.2, -0.15) is 0 Å². The fourth-order valence-electron chi connectivity index (χ4n) is 10.8. The van der Waals surface area contributed by atoms with Gasteiger partial charge in [0.15, 0.2) is 156 Å². The number of hydrogen-bond acceptors (Lipinski definition) is 46. The van der Waals surface area contributed by atoms with Gasteiger partial charge in [-0.05, 0) is 121 Å². The number of aromatic hydroxyl groups is 25. The van der Waals surface area contributed by atoms with Crippen LogP contribution in [-0.4, -0.2) is 254 Å². The third-order valence-electron chi connectivity index (χ3n) is 16.9. The predicted octanol–water partition coefficient (Wildman–Crippen LogP) is 4.46. The van der Waals surface area contributed by atoms with Crippen LogP contribution in [0.4, 0.5) is 0 Å². The first-order valence-electron chi connectivity index (χ1n) is 33.2. The van der Waals surface area contributed by atoms with Crippen LogP contribution >= 0.6 is 0 Å². The van der Waals surface area contributed by atoms with Crippen LogP contribution in [0, 0.1) is 0 Å². The minimum atomic E-state index is -3.12. The molecule has 123 heavy (non-hydrogen) atoms. The molecule has 0 spiro atoms. The molecule has 25 N–H and O–H groups in total. The molecule has 46 nitrogen and oxygen atoms in total.